The van der Waals surface area contributed by atoms with Crippen molar-refractivity contribution in [3.05, 3.63) is 25.9 Å². The highest BCUT2D eigenvalue weighted by molar-refractivity contribution is 6.52. The van der Waals surface area contributed by atoms with Gasteiger partial charge in [-0.05, 0) is 12.8 Å². The van der Waals surface area contributed by atoms with E-state index in [0.717, 1.165) is 25.7 Å². The van der Waals surface area contributed by atoms with E-state index in [1.807, 2.05) is 0 Å². The first-order valence-corrected chi connectivity index (χ1v) is 8.02. The highest BCUT2D eigenvalue weighted by Crippen LogP contribution is 2.36. The van der Waals surface area contributed by atoms with Crippen molar-refractivity contribution >= 4 is 52.3 Å². The van der Waals surface area contributed by atoms with E-state index in [2.05, 4.69) is 10.3 Å². The molecule has 1 amide bonds. The second-order valence-electron chi connectivity index (χ2n) is 4.86. The lowest BCUT2D eigenvalue weighted by molar-refractivity contribution is 0.0928. The molecule has 2 rings (SSSR count). The Kier molecular flexibility index (Phi) is 5.79. The normalized spacial score (nSPS) is 16.8. The summed E-state index contributed by atoms with van der Waals surface area (Å²) in [6.45, 7) is 0. The maximum absolute atomic E-state index is 12.2. The van der Waals surface area contributed by atoms with E-state index in [1.165, 1.54) is 12.8 Å². The van der Waals surface area contributed by atoms with E-state index in [0.29, 0.717) is 0 Å². The Morgan fingerprint density at radius 1 is 0.950 bits per heavy atom. The minimum atomic E-state index is -0.359. The van der Waals surface area contributed by atoms with Gasteiger partial charge < -0.3 is 5.32 Å². The molecule has 0 atom stereocenters. The maximum Gasteiger partial charge on any atom is 0.271 e. The van der Waals surface area contributed by atoms with Gasteiger partial charge in [0, 0.05) is 6.04 Å². The lowest BCUT2D eigenvalue weighted by Gasteiger charge is -2.16. The highest BCUT2D eigenvalue weighted by Gasteiger charge is 2.22. The van der Waals surface area contributed by atoms with Crippen molar-refractivity contribution in [2.45, 2.75) is 44.6 Å². The highest BCUT2D eigenvalue weighted by atomic mass is 35.5. The van der Waals surface area contributed by atoms with Crippen LogP contribution in [0.4, 0.5) is 0 Å². The van der Waals surface area contributed by atoms with Gasteiger partial charge in [-0.25, -0.2) is 4.98 Å². The van der Waals surface area contributed by atoms with Crippen LogP contribution in [-0.4, -0.2) is 16.9 Å². The molecule has 1 heterocycles. The second-order valence-corrected chi connectivity index (χ2v) is 6.35. The molecule has 0 radical (unpaired) electrons. The molecule has 1 fully saturated rings. The van der Waals surface area contributed by atoms with Crippen LogP contribution in [0.3, 0.4) is 0 Å². The molecule has 0 saturated heterocycles. The van der Waals surface area contributed by atoms with Crippen LogP contribution in [0.5, 0.6) is 0 Å². The minimum Gasteiger partial charge on any atom is -0.348 e. The van der Waals surface area contributed by atoms with Crippen LogP contribution < -0.4 is 5.32 Å². The van der Waals surface area contributed by atoms with Crippen LogP contribution in [0.15, 0.2) is 0 Å². The summed E-state index contributed by atoms with van der Waals surface area (Å²) in [5.74, 6) is -0.359. The SMILES string of the molecule is O=C(NC1CCCCCC1)c1nc(Cl)c(Cl)c(Cl)c1Cl. The summed E-state index contributed by atoms with van der Waals surface area (Å²) in [6.07, 6.45) is 6.60. The number of rotatable bonds is 2. The van der Waals surface area contributed by atoms with Crippen LogP contribution in [0, 0.1) is 0 Å². The Bertz CT molecular complexity index is 514. The van der Waals surface area contributed by atoms with Gasteiger partial charge in [0.2, 0.25) is 0 Å². The third-order valence-electron chi connectivity index (χ3n) is 3.39. The van der Waals surface area contributed by atoms with Crippen molar-refractivity contribution in [1.82, 2.24) is 10.3 Å². The standard InChI is InChI=1S/C13H14Cl4N2O/c14-8-9(15)11(19-12(17)10(8)16)13(20)18-7-5-3-1-2-4-6-7/h7H,1-6H2,(H,18,20). The zero-order valence-electron chi connectivity index (χ0n) is 10.7. The fourth-order valence-corrected chi connectivity index (χ4v) is 3.13. The molecule has 1 aromatic rings. The van der Waals surface area contributed by atoms with Crippen molar-refractivity contribution < 1.29 is 4.79 Å². The molecule has 1 aromatic heterocycles. The molecular weight excluding hydrogens is 342 g/mol. The summed E-state index contributed by atoms with van der Waals surface area (Å²) >= 11 is 23.6. The largest absolute Gasteiger partial charge is 0.348 e. The number of nitrogens with one attached hydrogen (secondary N) is 1. The predicted octanol–water partition coefficient (Wildman–Crippen LogP) is 5.15. The molecule has 1 aliphatic carbocycles. The van der Waals surface area contributed by atoms with Crippen molar-refractivity contribution in [2.24, 2.45) is 0 Å². The van der Waals surface area contributed by atoms with Gasteiger partial charge in [-0.1, -0.05) is 72.1 Å². The number of hydrogen-bond donors (Lipinski definition) is 1. The molecule has 20 heavy (non-hydrogen) atoms. The van der Waals surface area contributed by atoms with E-state index in [1.54, 1.807) is 0 Å². The molecule has 0 aromatic carbocycles. The Hall–Kier alpha value is -0.220. The smallest absolute Gasteiger partial charge is 0.271 e. The minimum absolute atomic E-state index is 0.0212. The number of carbonyl (C=O) groups is 1. The van der Waals surface area contributed by atoms with Gasteiger partial charge in [-0.3, -0.25) is 4.79 Å². The van der Waals surface area contributed by atoms with Gasteiger partial charge in [0.25, 0.3) is 5.91 Å². The zero-order chi connectivity index (χ0) is 14.7. The van der Waals surface area contributed by atoms with Crippen molar-refractivity contribution in [3.63, 3.8) is 0 Å². The molecule has 0 bridgehead atoms. The topological polar surface area (TPSA) is 42.0 Å². The van der Waals surface area contributed by atoms with E-state index < -0.39 is 0 Å². The summed E-state index contributed by atoms with van der Waals surface area (Å²) in [4.78, 5) is 16.2. The summed E-state index contributed by atoms with van der Waals surface area (Å²) in [5.41, 5.74) is 0.0234. The molecule has 0 spiro atoms. The third-order valence-corrected chi connectivity index (χ3v) is 5.07. The van der Waals surface area contributed by atoms with E-state index in [-0.39, 0.29) is 37.9 Å². The summed E-state index contributed by atoms with van der Waals surface area (Å²) < 4.78 is 0. The number of aromatic nitrogens is 1. The lowest BCUT2D eigenvalue weighted by Crippen LogP contribution is -2.35. The number of hydrogen-bond acceptors (Lipinski definition) is 2. The van der Waals surface area contributed by atoms with Gasteiger partial charge >= 0.3 is 0 Å². The van der Waals surface area contributed by atoms with Gasteiger partial charge in [0.05, 0.1) is 15.1 Å². The predicted molar refractivity (Wildman–Crippen MR) is 83.2 cm³/mol. The zero-order valence-corrected chi connectivity index (χ0v) is 13.7. The molecule has 3 nitrogen and oxygen atoms in total. The molecule has 1 N–H and O–H groups in total. The van der Waals surface area contributed by atoms with E-state index in [9.17, 15) is 4.79 Å². The first-order valence-electron chi connectivity index (χ1n) is 6.51. The summed E-state index contributed by atoms with van der Waals surface area (Å²) in [5, 5.41) is 3.07. The van der Waals surface area contributed by atoms with Crippen LogP contribution in [-0.2, 0) is 0 Å². The Morgan fingerprint density at radius 2 is 1.55 bits per heavy atom. The number of amides is 1. The van der Waals surface area contributed by atoms with Gasteiger partial charge in [-0.15, -0.1) is 0 Å². The Morgan fingerprint density at radius 3 is 2.15 bits per heavy atom. The molecule has 1 saturated carbocycles. The van der Waals surface area contributed by atoms with Crippen LogP contribution >= 0.6 is 46.4 Å². The monoisotopic (exact) mass is 354 g/mol. The summed E-state index contributed by atoms with van der Waals surface area (Å²) in [7, 11) is 0. The van der Waals surface area contributed by atoms with Gasteiger partial charge in [-0.2, -0.15) is 0 Å². The van der Waals surface area contributed by atoms with Crippen molar-refractivity contribution in [2.75, 3.05) is 0 Å². The number of nitrogens with zero attached hydrogens (tertiary/aromatic N) is 1. The van der Waals surface area contributed by atoms with Crippen molar-refractivity contribution in [1.29, 1.82) is 0 Å². The van der Waals surface area contributed by atoms with Crippen LogP contribution in [0.2, 0.25) is 20.2 Å². The quantitative estimate of drug-likeness (QED) is 0.588. The lowest BCUT2D eigenvalue weighted by atomic mass is 10.1. The summed E-state index contributed by atoms with van der Waals surface area (Å²) in [6, 6.07) is 0.149. The Labute approximate surface area is 137 Å². The molecule has 110 valence electrons. The molecule has 7 heteroatoms. The van der Waals surface area contributed by atoms with Crippen LogP contribution in [0.25, 0.3) is 0 Å². The van der Waals surface area contributed by atoms with Gasteiger partial charge in [0.1, 0.15) is 10.8 Å². The maximum atomic E-state index is 12.2. The molecule has 1 aliphatic rings. The van der Waals surface area contributed by atoms with Gasteiger partial charge in [0.15, 0.2) is 0 Å². The average Bonchev–Trinajstić information content (AvgIpc) is 2.69. The first-order chi connectivity index (χ1) is 9.50. The fraction of sp³-hybridized carbons (Fsp3) is 0.538. The number of pyridine rings is 1. The fourth-order valence-electron chi connectivity index (χ4n) is 2.32. The number of carbonyl (C=O) groups excluding carboxylic acids is 1. The molecule has 0 unspecified atom stereocenters. The van der Waals surface area contributed by atoms with E-state index in [4.69, 9.17) is 46.4 Å². The second kappa shape index (κ2) is 7.17. The van der Waals surface area contributed by atoms with Crippen LogP contribution in [0.1, 0.15) is 49.0 Å². The number of halogens is 4. The first kappa shape index (κ1) is 16.2. The molecular formula is C13H14Cl4N2O. The van der Waals surface area contributed by atoms with E-state index >= 15 is 0 Å². The Balaban J connectivity index is 2.16. The van der Waals surface area contributed by atoms with Crippen molar-refractivity contribution in [3.8, 4) is 0 Å². The average molecular weight is 356 g/mol. The third kappa shape index (κ3) is 3.70. The molecule has 0 aliphatic heterocycles.